The van der Waals surface area contributed by atoms with Crippen LogP contribution in [0.2, 0.25) is 0 Å². The van der Waals surface area contributed by atoms with Crippen LogP contribution in [0.3, 0.4) is 0 Å². The molecule has 2 heterocycles. The van der Waals surface area contributed by atoms with Crippen LogP contribution in [0.25, 0.3) is 0 Å². The Bertz CT molecular complexity index is 1280. The lowest BCUT2D eigenvalue weighted by molar-refractivity contribution is -0.124. The minimum absolute atomic E-state index is 0.129. The molecule has 166 valence electrons. The molecule has 6 nitrogen and oxygen atoms in total. The lowest BCUT2D eigenvalue weighted by Gasteiger charge is -2.33. The molecule has 3 aromatic rings. The van der Waals surface area contributed by atoms with Crippen LogP contribution in [-0.4, -0.2) is 30.0 Å². The molecule has 33 heavy (non-hydrogen) atoms. The highest BCUT2D eigenvalue weighted by molar-refractivity contribution is 8.02. The van der Waals surface area contributed by atoms with Crippen molar-refractivity contribution in [3.63, 3.8) is 0 Å². The average Bonchev–Trinajstić information content (AvgIpc) is 3.28. The molecule has 0 saturated carbocycles. The van der Waals surface area contributed by atoms with Gasteiger partial charge in [0.25, 0.3) is 5.91 Å². The van der Waals surface area contributed by atoms with E-state index in [4.69, 9.17) is 0 Å². The van der Waals surface area contributed by atoms with Crippen LogP contribution in [0.5, 0.6) is 0 Å². The average molecular weight is 458 g/mol. The van der Waals surface area contributed by atoms with Gasteiger partial charge in [0.05, 0.1) is 11.4 Å². The highest BCUT2D eigenvalue weighted by atomic mass is 32.2. The fourth-order valence-electron chi connectivity index (χ4n) is 4.45. The van der Waals surface area contributed by atoms with Gasteiger partial charge in [-0.15, -0.1) is 11.8 Å². The van der Waals surface area contributed by atoms with Crippen molar-refractivity contribution in [2.45, 2.75) is 18.7 Å². The Morgan fingerprint density at radius 1 is 0.970 bits per heavy atom. The van der Waals surface area contributed by atoms with Crippen molar-refractivity contribution in [1.29, 1.82) is 0 Å². The summed E-state index contributed by atoms with van der Waals surface area (Å²) in [6, 6.07) is 22.3. The summed E-state index contributed by atoms with van der Waals surface area (Å²) in [6.45, 7) is 3.86. The number of anilines is 3. The fourth-order valence-corrected chi connectivity index (χ4v) is 5.81. The number of nitrogens with one attached hydrogen (secondary N) is 1. The highest BCUT2D eigenvalue weighted by Gasteiger charge is 2.61. The van der Waals surface area contributed by atoms with Crippen molar-refractivity contribution in [2.24, 2.45) is 0 Å². The summed E-state index contributed by atoms with van der Waals surface area (Å²) >= 11 is 1.31. The molecule has 0 unspecified atom stereocenters. The number of amides is 3. The number of hydrogen-bond acceptors (Lipinski definition) is 4. The smallest absolute Gasteiger partial charge is 0.269 e. The number of hydrogen-bond donors (Lipinski definition) is 1. The second kappa shape index (κ2) is 8.08. The number of carbonyl (C=O) groups excluding carboxylic acids is 3. The van der Waals surface area contributed by atoms with Gasteiger partial charge in [0.15, 0.2) is 0 Å². The Morgan fingerprint density at radius 3 is 2.45 bits per heavy atom. The molecule has 0 aliphatic carbocycles. The van der Waals surface area contributed by atoms with Crippen LogP contribution in [0.4, 0.5) is 17.1 Å². The van der Waals surface area contributed by atoms with Gasteiger partial charge in [0.2, 0.25) is 16.7 Å². The Balaban J connectivity index is 1.49. The normalized spacial score (nSPS) is 19.3. The Morgan fingerprint density at radius 2 is 1.70 bits per heavy atom. The van der Waals surface area contributed by atoms with Crippen LogP contribution in [-0.2, 0) is 19.3 Å². The van der Waals surface area contributed by atoms with E-state index in [2.05, 4.69) is 5.32 Å². The number of para-hydroxylation sites is 2. The molecule has 7 heteroatoms. The number of aryl methyl sites for hydroxylation is 2. The van der Waals surface area contributed by atoms with Gasteiger partial charge in [-0.2, -0.15) is 0 Å². The second-order valence-electron chi connectivity index (χ2n) is 8.25. The van der Waals surface area contributed by atoms with Gasteiger partial charge in [-0.05, 0) is 55.3 Å². The summed E-state index contributed by atoms with van der Waals surface area (Å²) in [5.74, 6) is -0.508. The summed E-state index contributed by atoms with van der Waals surface area (Å²) in [5.41, 5.74) is 4.96. The molecule has 1 spiro atoms. The summed E-state index contributed by atoms with van der Waals surface area (Å²) in [4.78, 5) is 41.7. The number of nitrogens with zero attached hydrogens (tertiary/aromatic N) is 2. The molecule has 2 aliphatic heterocycles. The molecule has 1 atom stereocenters. The first kappa shape index (κ1) is 21.3. The highest BCUT2D eigenvalue weighted by Crippen LogP contribution is 2.55. The van der Waals surface area contributed by atoms with Crippen LogP contribution in [0.1, 0.15) is 16.7 Å². The van der Waals surface area contributed by atoms with Crippen LogP contribution in [0.15, 0.2) is 72.8 Å². The summed E-state index contributed by atoms with van der Waals surface area (Å²) < 4.78 is 0. The van der Waals surface area contributed by atoms with Crippen molar-refractivity contribution >= 4 is 46.5 Å². The summed E-state index contributed by atoms with van der Waals surface area (Å²) in [7, 11) is 0. The molecule has 0 bridgehead atoms. The van der Waals surface area contributed by atoms with Gasteiger partial charge in [0.1, 0.15) is 6.54 Å². The molecule has 3 aromatic carbocycles. The van der Waals surface area contributed by atoms with E-state index in [1.165, 1.54) is 16.7 Å². The summed E-state index contributed by atoms with van der Waals surface area (Å²) in [6.07, 6.45) is 0. The van der Waals surface area contributed by atoms with Crippen LogP contribution in [0, 0.1) is 13.8 Å². The predicted molar refractivity (Wildman–Crippen MR) is 131 cm³/mol. The van der Waals surface area contributed by atoms with Crippen molar-refractivity contribution in [1.82, 2.24) is 0 Å². The van der Waals surface area contributed by atoms with E-state index in [0.717, 1.165) is 16.7 Å². The van der Waals surface area contributed by atoms with E-state index >= 15 is 0 Å². The molecule has 1 fully saturated rings. The quantitative estimate of drug-likeness (QED) is 0.637. The van der Waals surface area contributed by atoms with Crippen LogP contribution < -0.4 is 15.1 Å². The Labute approximate surface area is 196 Å². The van der Waals surface area contributed by atoms with Crippen molar-refractivity contribution in [2.75, 3.05) is 27.4 Å². The third-order valence-electron chi connectivity index (χ3n) is 6.17. The van der Waals surface area contributed by atoms with Gasteiger partial charge in [-0.3, -0.25) is 24.2 Å². The number of benzene rings is 3. The topological polar surface area (TPSA) is 69.7 Å². The molecular formula is C26H23N3O3S. The van der Waals surface area contributed by atoms with E-state index < -0.39 is 4.87 Å². The lowest BCUT2D eigenvalue weighted by Crippen LogP contribution is -2.50. The van der Waals surface area contributed by atoms with Gasteiger partial charge in [0, 0.05) is 16.9 Å². The molecular weight excluding hydrogens is 434 g/mol. The first-order valence-electron chi connectivity index (χ1n) is 10.7. The molecule has 3 amide bonds. The van der Waals surface area contributed by atoms with Gasteiger partial charge in [-0.1, -0.05) is 42.5 Å². The molecule has 1 N–H and O–H groups in total. The largest absolute Gasteiger partial charge is 0.325 e. The first-order chi connectivity index (χ1) is 15.9. The van der Waals surface area contributed by atoms with Gasteiger partial charge < -0.3 is 5.32 Å². The third kappa shape index (κ3) is 3.40. The van der Waals surface area contributed by atoms with Crippen molar-refractivity contribution < 1.29 is 14.4 Å². The van der Waals surface area contributed by atoms with E-state index in [1.807, 2.05) is 86.6 Å². The minimum atomic E-state index is -1.21. The standard InChI is InChI=1S/C26H23N3O3S/c1-17-12-13-19(14-18(17)2)27-23(30)15-28-22-11-7-6-10-21(22)26(25(28)32)29(24(31)16-33-26)20-8-4-3-5-9-20/h3-14H,15-16H2,1-2H3,(H,27,30)/t26-/m0/s1. The van der Waals surface area contributed by atoms with E-state index in [-0.39, 0.29) is 30.0 Å². The molecule has 0 aromatic heterocycles. The van der Waals surface area contributed by atoms with E-state index in [0.29, 0.717) is 17.1 Å². The second-order valence-corrected chi connectivity index (χ2v) is 9.42. The maximum atomic E-state index is 13.9. The van der Waals surface area contributed by atoms with Crippen molar-refractivity contribution in [3.05, 3.63) is 89.5 Å². The first-order valence-corrected chi connectivity index (χ1v) is 11.7. The molecule has 1 saturated heterocycles. The number of rotatable bonds is 4. The zero-order valence-corrected chi connectivity index (χ0v) is 19.2. The molecule has 2 aliphatic rings. The monoisotopic (exact) mass is 457 g/mol. The third-order valence-corrected chi connectivity index (χ3v) is 7.56. The van der Waals surface area contributed by atoms with Crippen molar-refractivity contribution in [3.8, 4) is 0 Å². The number of thioether (sulfide) groups is 1. The van der Waals surface area contributed by atoms with Gasteiger partial charge >= 0.3 is 0 Å². The Kier molecular flexibility index (Phi) is 5.21. The minimum Gasteiger partial charge on any atom is -0.325 e. The zero-order valence-electron chi connectivity index (χ0n) is 18.4. The SMILES string of the molecule is Cc1ccc(NC(=O)CN2C(=O)[C@@]3(SCC(=O)N3c3ccccc3)c3ccccc32)cc1C. The molecule has 0 radical (unpaired) electrons. The van der Waals surface area contributed by atoms with E-state index in [9.17, 15) is 14.4 Å². The fraction of sp³-hybridized carbons (Fsp3) is 0.192. The lowest BCUT2D eigenvalue weighted by atomic mass is 10.0. The number of fused-ring (bicyclic) bond motifs is 2. The predicted octanol–water partition coefficient (Wildman–Crippen LogP) is 4.22. The molecule has 5 rings (SSSR count). The Hall–Kier alpha value is -3.58. The van der Waals surface area contributed by atoms with Crippen LogP contribution >= 0.6 is 11.8 Å². The number of carbonyl (C=O) groups is 3. The maximum absolute atomic E-state index is 13.9. The zero-order chi connectivity index (χ0) is 23.2. The van der Waals surface area contributed by atoms with E-state index in [1.54, 1.807) is 4.90 Å². The summed E-state index contributed by atoms with van der Waals surface area (Å²) in [5, 5.41) is 2.90. The maximum Gasteiger partial charge on any atom is 0.269 e. The van der Waals surface area contributed by atoms with Gasteiger partial charge in [-0.25, -0.2) is 0 Å².